The molecule has 1 aromatic carbocycles. The van der Waals surface area contributed by atoms with Gasteiger partial charge in [-0.25, -0.2) is 13.8 Å². The lowest BCUT2D eigenvalue weighted by Crippen LogP contribution is -2.52. The van der Waals surface area contributed by atoms with E-state index in [0.29, 0.717) is 12.2 Å². The molecule has 1 saturated carbocycles. The van der Waals surface area contributed by atoms with Crippen LogP contribution in [0.5, 0.6) is 0 Å². The van der Waals surface area contributed by atoms with Crippen molar-refractivity contribution in [1.29, 1.82) is 0 Å². The number of pyridine rings is 1. The first-order valence-electron chi connectivity index (χ1n) is 11.4. The Morgan fingerprint density at radius 1 is 1.16 bits per heavy atom. The number of nitrogens with one attached hydrogen (secondary N) is 1. The Balaban J connectivity index is 1.41. The van der Waals surface area contributed by atoms with Crippen molar-refractivity contribution in [1.82, 2.24) is 15.2 Å². The Kier molecular flexibility index (Phi) is 6.47. The molecule has 0 bridgehead atoms. The van der Waals surface area contributed by atoms with Crippen molar-refractivity contribution in [2.75, 3.05) is 18.8 Å². The fourth-order valence-electron chi connectivity index (χ4n) is 5.17. The molecule has 2 aromatic rings. The van der Waals surface area contributed by atoms with Crippen molar-refractivity contribution in [3.63, 3.8) is 0 Å². The summed E-state index contributed by atoms with van der Waals surface area (Å²) in [6.45, 7) is 4.24. The van der Waals surface area contributed by atoms with Gasteiger partial charge in [0, 0.05) is 38.5 Å². The zero-order valence-electron chi connectivity index (χ0n) is 18.6. The molecule has 2 fully saturated rings. The molecule has 0 unspecified atom stereocenters. The average Bonchev–Trinajstić information content (AvgIpc) is 3.15. The number of anilines is 1. The number of hydrogen-bond donors (Lipinski definition) is 2. The van der Waals surface area contributed by atoms with Crippen LogP contribution in [0.4, 0.5) is 14.6 Å². The summed E-state index contributed by atoms with van der Waals surface area (Å²) in [4.78, 5) is 20.2. The van der Waals surface area contributed by atoms with Crippen LogP contribution in [0.25, 0.3) is 0 Å². The fraction of sp³-hybridized carbons (Fsp3) is 0.520. The van der Waals surface area contributed by atoms with Crippen LogP contribution in [0.3, 0.4) is 0 Å². The molecule has 32 heavy (non-hydrogen) atoms. The molecular weight excluding hydrogens is 410 g/mol. The van der Waals surface area contributed by atoms with Gasteiger partial charge in [-0.1, -0.05) is 36.4 Å². The smallest absolute Gasteiger partial charge is 0.248 e. The predicted octanol–water partition coefficient (Wildman–Crippen LogP) is 4.14. The van der Waals surface area contributed by atoms with Gasteiger partial charge >= 0.3 is 0 Å². The van der Waals surface area contributed by atoms with Gasteiger partial charge in [0.2, 0.25) is 11.8 Å². The number of alkyl halides is 2. The van der Waals surface area contributed by atoms with Crippen LogP contribution in [-0.4, -0.2) is 40.8 Å². The topological polar surface area (TPSA) is 71.2 Å². The zero-order valence-corrected chi connectivity index (χ0v) is 18.6. The van der Waals surface area contributed by atoms with E-state index in [-0.39, 0.29) is 30.7 Å². The number of nitrogens with two attached hydrogens (primary N) is 1. The summed E-state index contributed by atoms with van der Waals surface area (Å²) in [5.41, 5.74) is 6.55. The Morgan fingerprint density at radius 3 is 2.50 bits per heavy atom. The van der Waals surface area contributed by atoms with Gasteiger partial charge in [-0.3, -0.25) is 9.69 Å². The minimum Gasteiger partial charge on any atom is -0.384 e. The molecule has 3 N–H and O–H groups in total. The normalized spacial score (nSPS) is 23.5. The Morgan fingerprint density at radius 2 is 1.88 bits per heavy atom. The van der Waals surface area contributed by atoms with Gasteiger partial charge in [0.05, 0.1) is 11.1 Å². The molecule has 2 heterocycles. The third-order valence-electron chi connectivity index (χ3n) is 7.20. The highest BCUT2D eigenvalue weighted by atomic mass is 19.3. The molecule has 1 aliphatic heterocycles. The first kappa shape index (κ1) is 22.6. The van der Waals surface area contributed by atoms with Crippen LogP contribution in [0.1, 0.15) is 50.3 Å². The predicted molar refractivity (Wildman–Crippen MR) is 121 cm³/mol. The summed E-state index contributed by atoms with van der Waals surface area (Å²) in [5.74, 6) is -2.69. The van der Waals surface area contributed by atoms with Crippen molar-refractivity contribution >= 4 is 11.7 Å². The van der Waals surface area contributed by atoms with Crippen molar-refractivity contribution in [2.24, 2.45) is 5.92 Å². The SMILES string of the molecule is C[C@@](C(=O)NC1CCN(Cc2cccc(N)n2)CC1)(c1ccccc1)[C@@H]1CCC(F)(F)C1. The Bertz CT molecular complexity index is 931. The van der Waals surface area contributed by atoms with E-state index >= 15 is 0 Å². The number of nitrogen functional groups attached to an aromatic ring is 1. The van der Waals surface area contributed by atoms with Crippen LogP contribution >= 0.6 is 0 Å². The second-order valence-electron chi connectivity index (χ2n) is 9.44. The summed E-state index contributed by atoms with van der Waals surface area (Å²) in [6.07, 6.45) is 1.61. The molecular formula is C25H32F2N4O. The quantitative estimate of drug-likeness (QED) is 0.706. The number of amides is 1. The minimum atomic E-state index is -2.69. The Hall–Kier alpha value is -2.54. The summed E-state index contributed by atoms with van der Waals surface area (Å²) < 4.78 is 28.1. The summed E-state index contributed by atoms with van der Waals surface area (Å²) >= 11 is 0. The van der Waals surface area contributed by atoms with Crippen molar-refractivity contribution in [3.8, 4) is 0 Å². The monoisotopic (exact) mass is 442 g/mol. The number of halogens is 2. The number of carbonyl (C=O) groups is 1. The molecule has 172 valence electrons. The third-order valence-corrected chi connectivity index (χ3v) is 7.20. The number of benzene rings is 1. The lowest BCUT2D eigenvalue weighted by Gasteiger charge is -2.38. The highest BCUT2D eigenvalue weighted by Crippen LogP contribution is 2.48. The lowest BCUT2D eigenvalue weighted by molar-refractivity contribution is -0.129. The molecule has 1 amide bonds. The molecule has 5 nitrogen and oxygen atoms in total. The number of nitrogens with zero attached hydrogens (tertiary/aromatic N) is 2. The number of carbonyl (C=O) groups excluding carboxylic acids is 1. The molecule has 1 saturated heterocycles. The standard InChI is InChI=1S/C25H32F2N4O/c1-24(18-6-3-2-4-7-18,19-10-13-25(26,27)16-19)23(32)30-20-11-14-31(15-12-20)17-21-8-5-9-22(28)29-21/h2-9,19-20H,10-17H2,1H3,(H2,28,29)(H,30,32)/t19-,24-/m1/s1. The van der Waals surface area contributed by atoms with Gasteiger partial charge in [0.15, 0.2) is 0 Å². The van der Waals surface area contributed by atoms with Gasteiger partial charge in [-0.2, -0.15) is 0 Å². The number of aromatic nitrogens is 1. The maximum atomic E-state index is 14.1. The van der Waals surface area contributed by atoms with Gasteiger partial charge in [0.1, 0.15) is 5.82 Å². The molecule has 1 aliphatic carbocycles. The number of hydrogen-bond acceptors (Lipinski definition) is 4. The van der Waals surface area contributed by atoms with E-state index in [0.717, 1.165) is 43.7 Å². The van der Waals surface area contributed by atoms with E-state index in [2.05, 4.69) is 15.2 Å². The largest absolute Gasteiger partial charge is 0.384 e. The molecule has 2 atom stereocenters. The van der Waals surface area contributed by atoms with E-state index in [1.54, 1.807) is 6.07 Å². The van der Waals surface area contributed by atoms with E-state index in [4.69, 9.17) is 5.73 Å². The first-order valence-corrected chi connectivity index (χ1v) is 11.4. The van der Waals surface area contributed by atoms with Crippen LogP contribution < -0.4 is 11.1 Å². The highest BCUT2D eigenvalue weighted by Gasteiger charge is 2.51. The molecule has 2 aliphatic rings. The first-order chi connectivity index (χ1) is 15.3. The van der Waals surface area contributed by atoms with E-state index < -0.39 is 11.3 Å². The van der Waals surface area contributed by atoms with Crippen LogP contribution in [0.2, 0.25) is 0 Å². The second kappa shape index (κ2) is 9.14. The number of piperidine rings is 1. The zero-order chi connectivity index (χ0) is 22.8. The van der Waals surface area contributed by atoms with Crippen molar-refractivity contribution in [3.05, 3.63) is 59.8 Å². The molecule has 7 heteroatoms. The molecule has 0 spiro atoms. The van der Waals surface area contributed by atoms with E-state index in [1.807, 2.05) is 49.4 Å². The van der Waals surface area contributed by atoms with Crippen molar-refractivity contribution < 1.29 is 13.6 Å². The number of rotatable bonds is 6. The van der Waals surface area contributed by atoms with Crippen LogP contribution in [0.15, 0.2) is 48.5 Å². The van der Waals surface area contributed by atoms with Crippen LogP contribution in [0, 0.1) is 5.92 Å². The summed E-state index contributed by atoms with van der Waals surface area (Å²) in [5, 5.41) is 3.21. The lowest BCUT2D eigenvalue weighted by atomic mass is 9.70. The number of likely N-dealkylation sites (tertiary alicyclic amines) is 1. The van der Waals surface area contributed by atoms with E-state index in [9.17, 15) is 13.6 Å². The summed E-state index contributed by atoms with van der Waals surface area (Å²) in [7, 11) is 0. The molecule has 1 aromatic heterocycles. The second-order valence-corrected chi connectivity index (χ2v) is 9.44. The van der Waals surface area contributed by atoms with Crippen molar-refractivity contribution in [2.45, 2.75) is 63.0 Å². The molecule has 4 rings (SSSR count). The third kappa shape index (κ3) is 4.93. The summed E-state index contributed by atoms with van der Waals surface area (Å²) in [6, 6.07) is 15.1. The van der Waals surface area contributed by atoms with Gasteiger partial charge < -0.3 is 11.1 Å². The average molecular weight is 443 g/mol. The minimum absolute atomic E-state index is 0.0394. The van der Waals surface area contributed by atoms with E-state index in [1.165, 1.54) is 0 Å². The Labute approximate surface area is 188 Å². The highest BCUT2D eigenvalue weighted by molar-refractivity contribution is 5.88. The molecule has 0 radical (unpaired) electrons. The van der Waals surface area contributed by atoms with Gasteiger partial charge in [-0.05, 0) is 49.8 Å². The van der Waals surface area contributed by atoms with Gasteiger partial charge in [-0.15, -0.1) is 0 Å². The fourth-order valence-corrected chi connectivity index (χ4v) is 5.17. The van der Waals surface area contributed by atoms with Gasteiger partial charge in [0.25, 0.3) is 0 Å². The maximum Gasteiger partial charge on any atom is 0.248 e. The maximum absolute atomic E-state index is 14.1. The van der Waals surface area contributed by atoms with Crippen LogP contribution in [-0.2, 0) is 16.8 Å².